The summed E-state index contributed by atoms with van der Waals surface area (Å²) in [6, 6.07) is 8.49. The molecular weight excluding hydrogens is 302 g/mol. The molecule has 3 heterocycles. The van der Waals surface area contributed by atoms with Gasteiger partial charge in [0.2, 0.25) is 0 Å². The van der Waals surface area contributed by atoms with E-state index in [0.717, 1.165) is 44.6 Å². The number of rotatable bonds is 2. The third-order valence-electron chi connectivity index (χ3n) is 5.00. The monoisotopic (exact) mass is 325 g/mol. The van der Waals surface area contributed by atoms with Gasteiger partial charge < -0.3 is 10.2 Å². The Labute approximate surface area is 141 Å². The van der Waals surface area contributed by atoms with Gasteiger partial charge in [0.1, 0.15) is 0 Å². The van der Waals surface area contributed by atoms with E-state index >= 15 is 0 Å². The minimum atomic E-state index is -0.0471. The average Bonchev–Trinajstić information content (AvgIpc) is 3.11. The van der Waals surface area contributed by atoms with E-state index in [2.05, 4.69) is 28.6 Å². The molecule has 0 saturated carbocycles. The summed E-state index contributed by atoms with van der Waals surface area (Å²) in [7, 11) is 0. The first kappa shape index (κ1) is 15.3. The molecule has 0 spiro atoms. The van der Waals surface area contributed by atoms with Gasteiger partial charge in [0, 0.05) is 12.2 Å². The van der Waals surface area contributed by atoms with E-state index in [4.69, 9.17) is 0 Å². The highest BCUT2D eigenvalue weighted by Gasteiger charge is 2.29. The fraction of sp³-hybridized carbons (Fsp3) is 0.500. The van der Waals surface area contributed by atoms with Gasteiger partial charge in [-0.25, -0.2) is 4.68 Å². The second-order valence-electron chi connectivity index (χ2n) is 6.92. The lowest BCUT2D eigenvalue weighted by Crippen LogP contribution is -2.39. The Balaban J connectivity index is 1.59. The number of anilines is 1. The van der Waals surface area contributed by atoms with Crippen LogP contribution in [0.5, 0.6) is 0 Å². The summed E-state index contributed by atoms with van der Waals surface area (Å²) in [6.07, 6.45) is 4.89. The maximum atomic E-state index is 13.0. The molecule has 1 fully saturated rings. The summed E-state index contributed by atoms with van der Waals surface area (Å²) in [6.45, 7) is 4.90. The Kier molecular flexibility index (Phi) is 4.06. The van der Waals surface area contributed by atoms with Crippen LogP contribution in [0.25, 0.3) is 0 Å². The lowest BCUT2D eigenvalue weighted by molar-refractivity contribution is 0.0976. The number of carbonyl (C=O) groups is 1. The van der Waals surface area contributed by atoms with Crippen molar-refractivity contribution in [2.75, 3.05) is 24.5 Å². The van der Waals surface area contributed by atoms with Crippen molar-refractivity contribution in [3.8, 4) is 0 Å². The fourth-order valence-electron chi connectivity index (χ4n) is 3.75. The predicted molar refractivity (Wildman–Crippen MR) is 92.1 cm³/mol. The normalized spacial score (nSPS) is 21.5. The molecule has 1 atom stereocenters. The van der Waals surface area contributed by atoms with Crippen molar-refractivity contribution in [2.24, 2.45) is 5.92 Å². The molecule has 1 N–H and O–H groups in total. The summed E-state index contributed by atoms with van der Waals surface area (Å²) in [5, 5.41) is 11.7. The van der Waals surface area contributed by atoms with Crippen LogP contribution in [-0.2, 0) is 6.42 Å². The number of benzene rings is 1. The molecule has 0 radical (unpaired) electrons. The molecule has 6 heteroatoms. The SMILES string of the molecule is CC1Cc2ccccc2N(C(=O)c2cn(C3CCNCC3)nn2)C1. The maximum absolute atomic E-state index is 13.0. The smallest absolute Gasteiger partial charge is 0.280 e. The van der Waals surface area contributed by atoms with E-state index in [-0.39, 0.29) is 5.91 Å². The summed E-state index contributed by atoms with van der Waals surface area (Å²) in [5.41, 5.74) is 2.68. The highest BCUT2D eigenvalue weighted by molar-refractivity contribution is 6.05. The van der Waals surface area contributed by atoms with E-state index in [1.807, 2.05) is 34.0 Å². The van der Waals surface area contributed by atoms with Crippen molar-refractivity contribution in [3.05, 3.63) is 41.7 Å². The van der Waals surface area contributed by atoms with Crippen LogP contribution >= 0.6 is 0 Å². The second kappa shape index (κ2) is 6.36. The zero-order valence-electron chi connectivity index (χ0n) is 14.0. The maximum Gasteiger partial charge on any atom is 0.280 e. The quantitative estimate of drug-likeness (QED) is 0.918. The number of nitrogens with one attached hydrogen (secondary N) is 1. The molecule has 1 aromatic heterocycles. The van der Waals surface area contributed by atoms with Crippen LogP contribution in [-0.4, -0.2) is 40.5 Å². The standard InChI is InChI=1S/C18H23N5O/c1-13-10-14-4-2-3-5-17(14)22(11-13)18(24)16-12-23(21-20-16)15-6-8-19-9-7-15/h2-5,12-13,15,19H,6-11H2,1H3. The lowest BCUT2D eigenvalue weighted by atomic mass is 9.94. The number of hydrogen-bond acceptors (Lipinski definition) is 4. The topological polar surface area (TPSA) is 63.1 Å². The van der Waals surface area contributed by atoms with E-state index < -0.39 is 0 Å². The van der Waals surface area contributed by atoms with Crippen molar-refractivity contribution < 1.29 is 4.79 Å². The minimum absolute atomic E-state index is 0.0471. The van der Waals surface area contributed by atoms with Crippen LogP contribution in [0.15, 0.2) is 30.5 Å². The van der Waals surface area contributed by atoms with Crippen LogP contribution < -0.4 is 10.2 Å². The molecule has 1 unspecified atom stereocenters. The Hall–Kier alpha value is -2.21. The molecule has 6 nitrogen and oxygen atoms in total. The molecule has 24 heavy (non-hydrogen) atoms. The van der Waals surface area contributed by atoms with Crippen molar-refractivity contribution in [1.82, 2.24) is 20.3 Å². The van der Waals surface area contributed by atoms with Crippen LogP contribution in [0.2, 0.25) is 0 Å². The van der Waals surface area contributed by atoms with Crippen molar-refractivity contribution in [3.63, 3.8) is 0 Å². The Morgan fingerprint density at radius 3 is 2.88 bits per heavy atom. The van der Waals surface area contributed by atoms with Gasteiger partial charge in [-0.05, 0) is 49.9 Å². The van der Waals surface area contributed by atoms with Crippen LogP contribution in [0.3, 0.4) is 0 Å². The van der Waals surface area contributed by atoms with Gasteiger partial charge in [-0.3, -0.25) is 4.79 Å². The predicted octanol–water partition coefficient (Wildman–Crippen LogP) is 2.04. The van der Waals surface area contributed by atoms with Crippen molar-refractivity contribution in [2.45, 2.75) is 32.2 Å². The van der Waals surface area contributed by atoms with Crippen molar-refractivity contribution in [1.29, 1.82) is 0 Å². The van der Waals surface area contributed by atoms with E-state index in [1.165, 1.54) is 5.56 Å². The molecule has 0 bridgehead atoms. The molecule has 4 rings (SSSR count). The molecule has 2 aliphatic heterocycles. The third-order valence-corrected chi connectivity index (χ3v) is 5.00. The van der Waals surface area contributed by atoms with Crippen LogP contribution in [0.4, 0.5) is 5.69 Å². The first-order valence-corrected chi connectivity index (χ1v) is 8.74. The molecule has 126 valence electrons. The van der Waals surface area contributed by atoms with E-state index in [9.17, 15) is 4.79 Å². The molecule has 0 aliphatic carbocycles. The number of fused-ring (bicyclic) bond motifs is 1. The van der Waals surface area contributed by atoms with E-state index in [1.54, 1.807) is 0 Å². The van der Waals surface area contributed by atoms with Gasteiger partial charge >= 0.3 is 0 Å². The second-order valence-corrected chi connectivity index (χ2v) is 6.92. The summed E-state index contributed by atoms with van der Waals surface area (Å²) >= 11 is 0. The Morgan fingerprint density at radius 1 is 1.25 bits per heavy atom. The van der Waals surface area contributed by atoms with Gasteiger partial charge in [-0.1, -0.05) is 30.3 Å². The highest BCUT2D eigenvalue weighted by atomic mass is 16.2. The van der Waals surface area contributed by atoms with E-state index in [0.29, 0.717) is 17.7 Å². The van der Waals surface area contributed by atoms with Gasteiger partial charge in [0.25, 0.3) is 5.91 Å². The number of hydrogen-bond donors (Lipinski definition) is 1. The summed E-state index contributed by atoms with van der Waals surface area (Å²) < 4.78 is 1.87. The molecule has 1 aromatic carbocycles. The zero-order chi connectivity index (χ0) is 16.5. The number of carbonyl (C=O) groups excluding carboxylic acids is 1. The minimum Gasteiger partial charge on any atom is -0.317 e. The number of para-hydroxylation sites is 1. The molecule has 2 aliphatic rings. The Bertz CT molecular complexity index is 735. The first-order chi connectivity index (χ1) is 11.7. The summed E-state index contributed by atoms with van der Waals surface area (Å²) in [5.74, 6) is 0.400. The average molecular weight is 325 g/mol. The lowest BCUT2D eigenvalue weighted by Gasteiger charge is -2.32. The van der Waals surface area contributed by atoms with Gasteiger partial charge in [-0.15, -0.1) is 5.10 Å². The highest BCUT2D eigenvalue weighted by Crippen LogP contribution is 2.30. The number of nitrogens with zero attached hydrogens (tertiary/aromatic N) is 4. The zero-order valence-corrected chi connectivity index (χ0v) is 14.0. The van der Waals surface area contributed by atoms with Gasteiger partial charge in [-0.2, -0.15) is 0 Å². The molecule has 1 amide bonds. The fourth-order valence-corrected chi connectivity index (χ4v) is 3.75. The largest absolute Gasteiger partial charge is 0.317 e. The molecular formula is C18H23N5O. The first-order valence-electron chi connectivity index (χ1n) is 8.74. The van der Waals surface area contributed by atoms with Gasteiger partial charge in [0.05, 0.1) is 12.2 Å². The molecule has 1 saturated heterocycles. The Morgan fingerprint density at radius 2 is 2.04 bits per heavy atom. The number of piperidine rings is 1. The number of amides is 1. The van der Waals surface area contributed by atoms with Crippen molar-refractivity contribution >= 4 is 11.6 Å². The van der Waals surface area contributed by atoms with Crippen LogP contribution in [0, 0.1) is 5.92 Å². The summed E-state index contributed by atoms with van der Waals surface area (Å²) in [4.78, 5) is 14.9. The number of aromatic nitrogens is 3. The van der Waals surface area contributed by atoms with Gasteiger partial charge in [0.15, 0.2) is 5.69 Å². The molecule has 2 aromatic rings. The third kappa shape index (κ3) is 2.82. The van der Waals surface area contributed by atoms with Crippen LogP contribution in [0.1, 0.15) is 41.9 Å².